The Kier molecular flexibility index (Phi) is 14.8. The number of aliphatic hydroxyl groups is 4. The van der Waals surface area contributed by atoms with Crippen LogP contribution in [-0.4, -0.2) is 183 Å². The van der Waals surface area contributed by atoms with Crippen LogP contribution >= 0.6 is 0 Å². The van der Waals surface area contributed by atoms with Crippen molar-refractivity contribution in [2.75, 3.05) is 46.2 Å². The molecule has 4 fully saturated rings. The van der Waals surface area contributed by atoms with Crippen LogP contribution in [0.2, 0.25) is 0 Å². The number of nitrogens with zero attached hydrogens (tertiary/aromatic N) is 4. The van der Waals surface area contributed by atoms with E-state index in [2.05, 4.69) is 23.5 Å². The summed E-state index contributed by atoms with van der Waals surface area (Å²) in [7, 11) is 0. The van der Waals surface area contributed by atoms with Crippen LogP contribution < -0.4 is 5.73 Å². The Balaban J connectivity index is 0.931. The molecular weight excluding hydrogens is 722 g/mol. The van der Waals surface area contributed by atoms with Crippen molar-refractivity contribution in [3.8, 4) is 0 Å². The Morgan fingerprint density at radius 3 is 2.13 bits per heavy atom. The van der Waals surface area contributed by atoms with Gasteiger partial charge in [-0.15, -0.1) is 18.3 Å². The van der Waals surface area contributed by atoms with E-state index < -0.39 is 91.4 Å². The number of nitrogens with two attached hydrogens (primary N) is 1. The van der Waals surface area contributed by atoms with Crippen LogP contribution in [0.4, 0.5) is 0 Å². The first-order valence-corrected chi connectivity index (χ1v) is 17.5. The molecule has 5 heterocycles. The fraction of sp³-hybridized carbons (Fsp3) is 0.727. The van der Waals surface area contributed by atoms with Gasteiger partial charge in [0.25, 0.3) is 0 Å². The van der Waals surface area contributed by atoms with Gasteiger partial charge in [-0.25, -0.2) is 9.48 Å². The van der Waals surface area contributed by atoms with Gasteiger partial charge >= 0.3 is 5.97 Å². The van der Waals surface area contributed by atoms with E-state index in [-0.39, 0.29) is 64.6 Å². The molecule has 0 aromatic carbocycles. The highest BCUT2D eigenvalue weighted by Crippen LogP contribution is 2.41. The first kappa shape index (κ1) is 41.9. The lowest BCUT2D eigenvalue weighted by Gasteiger charge is -2.45. The lowest BCUT2D eigenvalue weighted by Crippen LogP contribution is -2.66. The molecule has 0 radical (unpaired) electrons. The highest BCUT2D eigenvalue weighted by atomic mass is 16.7. The number of carboxylic acid groups (broad SMARTS) is 1. The van der Waals surface area contributed by atoms with E-state index in [1.807, 2.05) is 0 Å². The standard InChI is InChI=1S/C33H49N5O16/c1-4-18-20-21(19(5-2)52-18)30(44)38(29(20)43)7-9-48-10-11-49-15-17-14-37(36-35-17)6-8-47-12-13-50-33-26(42)25(41)27(28(54-33)31(45)46)53-32-22(34)24(40)23(39)16(3)51-32/h4-5,14,16,18-28,32-33,39-42H,1-2,6-13,15,34H2,3H3,(H,45,46)/t16?,18-,19+,20+,21-,22?,23-,24-,25-,26?,27+,28?,32-,33-/m1/s1. The quantitative estimate of drug-likeness (QED) is 0.0422. The van der Waals surface area contributed by atoms with Crippen LogP contribution in [0.25, 0.3) is 0 Å². The van der Waals surface area contributed by atoms with Gasteiger partial charge in [0.2, 0.25) is 11.8 Å². The molecule has 4 saturated heterocycles. The molecule has 5 rings (SSSR count). The Bertz CT molecular complexity index is 1420. The minimum atomic E-state index is -1.80. The van der Waals surface area contributed by atoms with Gasteiger partial charge in [0, 0.05) is 0 Å². The third kappa shape index (κ3) is 9.38. The van der Waals surface area contributed by atoms with Crippen molar-refractivity contribution in [1.82, 2.24) is 19.9 Å². The van der Waals surface area contributed by atoms with E-state index >= 15 is 0 Å². The summed E-state index contributed by atoms with van der Waals surface area (Å²) in [6, 6.07) is -1.28. The van der Waals surface area contributed by atoms with E-state index in [1.165, 1.54) is 24.0 Å². The summed E-state index contributed by atoms with van der Waals surface area (Å²) in [4.78, 5) is 38.8. The van der Waals surface area contributed by atoms with Gasteiger partial charge in [0.1, 0.15) is 36.2 Å². The van der Waals surface area contributed by atoms with E-state index in [9.17, 15) is 39.9 Å². The molecule has 21 nitrogen and oxygen atoms in total. The number of likely N-dealkylation sites (tertiary alicyclic amines) is 1. The lowest BCUT2D eigenvalue weighted by molar-refractivity contribution is -0.337. The molecule has 1 aromatic heterocycles. The third-order valence-electron chi connectivity index (χ3n) is 9.59. The van der Waals surface area contributed by atoms with Gasteiger partial charge in [0.15, 0.2) is 18.7 Å². The van der Waals surface area contributed by atoms with E-state index in [1.54, 1.807) is 10.9 Å². The predicted molar refractivity (Wildman–Crippen MR) is 178 cm³/mol. The molecule has 302 valence electrons. The number of carbonyl (C=O) groups is 3. The smallest absolute Gasteiger partial charge is 0.335 e. The molecule has 7 N–H and O–H groups in total. The molecule has 4 aliphatic heterocycles. The molecule has 0 spiro atoms. The first-order chi connectivity index (χ1) is 25.9. The monoisotopic (exact) mass is 771 g/mol. The van der Waals surface area contributed by atoms with Crippen molar-refractivity contribution in [3.05, 3.63) is 37.2 Å². The summed E-state index contributed by atoms with van der Waals surface area (Å²) in [5.74, 6) is -3.32. The van der Waals surface area contributed by atoms with E-state index in [0.29, 0.717) is 12.2 Å². The summed E-state index contributed by atoms with van der Waals surface area (Å²) < 4.78 is 45.7. The Labute approximate surface area is 310 Å². The van der Waals surface area contributed by atoms with Crippen LogP contribution in [-0.2, 0) is 65.4 Å². The van der Waals surface area contributed by atoms with Crippen molar-refractivity contribution < 1.29 is 77.8 Å². The lowest BCUT2D eigenvalue weighted by atomic mass is 9.89. The number of carboxylic acids is 1. The third-order valence-corrected chi connectivity index (χ3v) is 9.59. The van der Waals surface area contributed by atoms with Crippen LogP contribution in [0.3, 0.4) is 0 Å². The maximum Gasteiger partial charge on any atom is 0.335 e. The molecule has 0 saturated carbocycles. The van der Waals surface area contributed by atoms with Gasteiger partial charge in [-0.2, -0.15) is 0 Å². The zero-order chi connectivity index (χ0) is 39.1. The number of hydrogen-bond acceptors (Lipinski definition) is 18. The minimum Gasteiger partial charge on any atom is -0.479 e. The molecule has 54 heavy (non-hydrogen) atoms. The topological polar surface area (TPSA) is 286 Å². The molecule has 4 aliphatic rings. The number of fused-ring (bicyclic) bond motifs is 1. The number of rotatable bonds is 20. The van der Waals surface area contributed by atoms with Crippen molar-refractivity contribution in [2.45, 2.75) is 93.6 Å². The van der Waals surface area contributed by atoms with Crippen molar-refractivity contribution in [3.63, 3.8) is 0 Å². The molecule has 0 bridgehead atoms. The summed E-state index contributed by atoms with van der Waals surface area (Å²) in [5, 5.41) is 59.2. The fourth-order valence-electron chi connectivity index (χ4n) is 6.64. The number of aromatic nitrogens is 3. The second-order valence-corrected chi connectivity index (χ2v) is 13.2. The first-order valence-electron chi connectivity index (χ1n) is 17.5. The molecule has 2 amide bonds. The summed E-state index contributed by atoms with van der Waals surface area (Å²) >= 11 is 0. The molecule has 21 heteroatoms. The number of hydrogen-bond donors (Lipinski definition) is 6. The van der Waals surface area contributed by atoms with E-state index in [0.717, 1.165) is 0 Å². The normalized spacial score (nSPS) is 36.7. The average Bonchev–Trinajstić information content (AvgIpc) is 3.84. The maximum absolute atomic E-state index is 12.8. The van der Waals surface area contributed by atoms with Gasteiger partial charge in [-0.3, -0.25) is 14.5 Å². The zero-order valence-electron chi connectivity index (χ0n) is 29.7. The number of aliphatic hydroxyl groups excluding tert-OH is 4. The van der Waals surface area contributed by atoms with Gasteiger partial charge in [0.05, 0.1) is 102 Å². The van der Waals surface area contributed by atoms with Crippen molar-refractivity contribution in [1.29, 1.82) is 0 Å². The number of imide groups is 1. The Morgan fingerprint density at radius 1 is 0.852 bits per heavy atom. The largest absolute Gasteiger partial charge is 0.479 e. The highest BCUT2D eigenvalue weighted by Gasteiger charge is 2.58. The van der Waals surface area contributed by atoms with E-state index in [4.69, 9.17) is 43.6 Å². The molecule has 14 atom stereocenters. The van der Waals surface area contributed by atoms with Crippen LogP contribution in [0.5, 0.6) is 0 Å². The molecular formula is C33H49N5O16. The Hall–Kier alpha value is -3.29. The second-order valence-electron chi connectivity index (χ2n) is 13.2. The van der Waals surface area contributed by atoms with Crippen molar-refractivity contribution in [2.24, 2.45) is 17.6 Å². The summed E-state index contributed by atoms with van der Waals surface area (Å²) in [6.07, 6.45) is -9.91. The fourth-order valence-corrected chi connectivity index (χ4v) is 6.64. The number of aliphatic carboxylic acids is 1. The number of amides is 2. The SMILES string of the molecule is C=C[C@@H]1O[C@H](C=C)[C@@H]2C(=O)N(CCOCCOCc3cn(CCOCCO[C@@H]4OC(C(=O)O)[C@@H](O[C@H]5OC(C)[C@@H](O)[C@H](O)C5N)[C@H](O)C4O)nn3)C(=O)[C@@H]21. The maximum atomic E-state index is 12.8. The highest BCUT2D eigenvalue weighted by molar-refractivity contribution is 6.06. The van der Waals surface area contributed by atoms with Gasteiger partial charge < -0.3 is 69.2 Å². The molecule has 0 aliphatic carbocycles. The number of ether oxygens (including phenoxy) is 8. The van der Waals surface area contributed by atoms with Crippen LogP contribution in [0.1, 0.15) is 12.6 Å². The Morgan fingerprint density at radius 2 is 1.48 bits per heavy atom. The van der Waals surface area contributed by atoms with Gasteiger partial charge in [-0.05, 0) is 6.92 Å². The number of carbonyl (C=O) groups excluding carboxylic acids is 2. The zero-order valence-corrected chi connectivity index (χ0v) is 29.7. The average molecular weight is 772 g/mol. The van der Waals surface area contributed by atoms with Crippen molar-refractivity contribution >= 4 is 17.8 Å². The summed E-state index contributed by atoms with van der Waals surface area (Å²) in [5.41, 5.74) is 6.44. The van der Waals surface area contributed by atoms with Gasteiger partial charge in [-0.1, -0.05) is 17.4 Å². The van der Waals surface area contributed by atoms with Crippen LogP contribution in [0, 0.1) is 11.8 Å². The molecule has 1 aromatic rings. The minimum absolute atomic E-state index is 0.0220. The molecule has 4 unspecified atom stereocenters. The predicted octanol–water partition coefficient (Wildman–Crippen LogP) is -3.70. The second kappa shape index (κ2) is 19.0. The summed E-state index contributed by atoms with van der Waals surface area (Å²) in [6.45, 7) is 10.2. The van der Waals surface area contributed by atoms with Crippen LogP contribution in [0.15, 0.2) is 31.5 Å².